The van der Waals surface area contributed by atoms with Crippen LogP contribution in [0.5, 0.6) is 5.75 Å². The lowest BCUT2D eigenvalue weighted by Crippen LogP contribution is -2.28. The number of H-pyrrole nitrogens is 1. The number of phenolic OH excluding ortho intramolecular Hbond substituents is 1. The predicted molar refractivity (Wildman–Crippen MR) is 145 cm³/mol. The van der Waals surface area contributed by atoms with Crippen LogP contribution in [0.25, 0.3) is 22.0 Å². The van der Waals surface area contributed by atoms with E-state index < -0.39 is 17.3 Å². The number of nitrogens with zero attached hydrogens (tertiary/aromatic N) is 1. The highest BCUT2D eigenvalue weighted by Gasteiger charge is 2.31. The van der Waals surface area contributed by atoms with Crippen molar-refractivity contribution in [3.63, 3.8) is 0 Å². The third-order valence-corrected chi connectivity index (χ3v) is 7.02. The molecule has 3 aromatic rings. The van der Waals surface area contributed by atoms with Gasteiger partial charge in [-0.3, -0.25) is 9.59 Å². The summed E-state index contributed by atoms with van der Waals surface area (Å²) in [7, 11) is 3.83. The molecule has 0 aliphatic rings. The molecule has 37 heavy (non-hydrogen) atoms. The first kappa shape index (κ1) is 30.7. The molecule has 0 atom stereocenters. The van der Waals surface area contributed by atoms with Gasteiger partial charge >= 0.3 is 6.18 Å². The molecule has 0 bridgehead atoms. The summed E-state index contributed by atoms with van der Waals surface area (Å²) in [4.78, 5) is 30.3. The molecule has 0 aliphatic heterocycles. The van der Waals surface area contributed by atoms with E-state index in [-0.39, 0.29) is 56.7 Å². The van der Waals surface area contributed by atoms with Crippen LogP contribution in [-0.4, -0.2) is 60.3 Å². The van der Waals surface area contributed by atoms with Gasteiger partial charge < -0.3 is 20.3 Å². The minimum Gasteiger partial charge on any atom is -0.507 e. The number of aromatic amines is 1. The average molecular weight is 558 g/mol. The number of alkyl halides is 3. The maximum Gasteiger partial charge on any atom is 0.416 e. The number of Topliss-reactive ketones (excluding diaryl/α,β-unsaturated/α-hetero) is 1. The second-order valence-corrected chi connectivity index (χ2v) is 9.84. The zero-order valence-corrected chi connectivity index (χ0v) is 21.4. The summed E-state index contributed by atoms with van der Waals surface area (Å²) in [6.45, 7) is 2.41. The Hall–Kier alpha value is -2.53. The number of thioether (sulfide) groups is 1. The van der Waals surface area contributed by atoms with Crippen LogP contribution in [0.15, 0.2) is 46.1 Å². The van der Waals surface area contributed by atoms with E-state index in [1.165, 1.54) is 24.3 Å². The Morgan fingerprint density at radius 1 is 1.19 bits per heavy atom. The largest absolute Gasteiger partial charge is 0.507 e. The smallest absolute Gasteiger partial charge is 0.416 e. The topological polar surface area (TPSA) is 85.4 Å². The van der Waals surface area contributed by atoms with Crippen LogP contribution in [0, 0.1) is 0 Å². The molecule has 202 valence electrons. The lowest BCUT2D eigenvalue weighted by atomic mass is 9.98. The summed E-state index contributed by atoms with van der Waals surface area (Å²) in [5, 5.41) is 13.9. The van der Waals surface area contributed by atoms with Crippen molar-refractivity contribution in [3.05, 3.63) is 57.3 Å². The minimum absolute atomic E-state index is 0. The molecule has 0 fully saturated rings. The highest BCUT2D eigenvalue weighted by atomic mass is 35.5. The van der Waals surface area contributed by atoms with Gasteiger partial charge in [0.1, 0.15) is 11.5 Å². The number of aromatic hydroxyl groups is 1. The standard InChI is InChI=1S/C25H27ClF3N3O3S.CH4/c1-30-9-11-32(2)10-3-4-17(33)14-36-23-22(19-13-16(26)6-8-21(19)34)18-12-15(25(27,28)29)5-7-20(18)31-24(23)35;/h5-8,12-13,30,34H,3-4,9-11,14H2,1-2H3,(H,31,35);1H4. The second-order valence-electron chi connectivity index (χ2n) is 8.42. The number of phenols is 1. The van der Waals surface area contributed by atoms with Crippen molar-refractivity contribution in [2.24, 2.45) is 0 Å². The molecule has 0 spiro atoms. The van der Waals surface area contributed by atoms with Gasteiger partial charge in [-0.15, -0.1) is 11.8 Å². The Labute approximate surface area is 223 Å². The number of hydrogen-bond donors (Lipinski definition) is 3. The molecule has 0 saturated heterocycles. The predicted octanol–water partition coefficient (Wildman–Crippen LogP) is 5.80. The van der Waals surface area contributed by atoms with Gasteiger partial charge in [0.2, 0.25) is 0 Å². The van der Waals surface area contributed by atoms with Gasteiger partial charge in [0.15, 0.2) is 0 Å². The van der Waals surface area contributed by atoms with E-state index in [1.807, 2.05) is 14.1 Å². The van der Waals surface area contributed by atoms with Crippen molar-refractivity contribution in [1.82, 2.24) is 15.2 Å². The maximum atomic E-state index is 13.5. The molecule has 3 rings (SSSR count). The van der Waals surface area contributed by atoms with Gasteiger partial charge in [-0.1, -0.05) is 19.0 Å². The number of hydrogen-bond acceptors (Lipinski definition) is 6. The number of carbonyl (C=O) groups is 1. The van der Waals surface area contributed by atoms with Gasteiger partial charge in [0.25, 0.3) is 5.56 Å². The first-order chi connectivity index (χ1) is 17.0. The first-order valence-corrected chi connectivity index (χ1v) is 12.6. The van der Waals surface area contributed by atoms with E-state index >= 15 is 0 Å². The van der Waals surface area contributed by atoms with Crippen LogP contribution >= 0.6 is 23.4 Å². The number of benzene rings is 2. The molecule has 1 aromatic heterocycles. The number of halogens is 4. The Morgan fingerprint density at radius 2 is 1.92 bits per heavy atom. The van der Waals surface area contributed by atoms with Gasteiger partial charge in [0, 0.05) is 46.6 Å². The lowest BCUT2D eigenvalue weighted by Gasteiger charge is -2.16. The van der Waals surface area contributed by atoms with E-state index in [4.69, 9.17) is 11.6 Å². The third kappa shape index (κ3) is 7.98. The normalized spacial score (nSPS) is 11.6. The molecule has 0 saturated carbocycles. The average Bonchev–Trinajstić information content (AvgIpc) is 2.81. The molecule has 2 aromatic carbocycles. The van der Waals surface area contributed by atoms with Crippen molar-refractivity contribution in [3.8, 4) is 16.9 Å². The fraction of sp³-hybridized carbons (Fsp3) is 0.385. The van der Waals surface area contributed by atoms with Crippen LogP contribution in [0.3, 0.4) is 0 Å². The van der Waals surface area contributed by atoms with Gasteiger partial charge in [-0.05, 0) is 63.5 Å². The summed E-state index contributed by atoms with van der Waals surface area (Å²) >= 11 is 7.05. The van der Waals surface area contributed by atoms with Crippen LogP contribution in [0.1, 0.15) is 25.8 Å². The number of carbonyl (C=O) groups excluding carboxylic acids is 1. The SMILES string of the molecule is C.CNCCN(C)CCCC(=O)CSc1c(-c2cc(Cl)ccc2O)c2cc(C(F)(F)F)ccc2[nH]c1=O. The summed E-state index contributed by atoms with van der Waals surface area (Å²) in [6, 6.07) is 7.11. The van der Waals surface area contributed by atoms with Gasteiger partial charge in [0.05, 0.1) is 16.2 Å². The number of ketones is 1. The summed E-state index contributed by atoms with van der Waals surface area (Å²) in [5.74, 6) is -0.379. The molecule has 0 aliphatic carbocycles. The Bertz CT molecular complexity index is 1300. The van der Waals surface area contributed by atoms with Gasteiger partial charge in [-0.25, -0.2) is 0 Å². The molecular weight excluding hydrogens is 527 g/mol. The highest BCUT2D eigenvalue weighted by Crippen LogP contribution is 2.42. The van der Waals surface area contributed by atoms with Crippen molar-refractivity contribution in [2.45, 2.75) is 31.3 Å². The number of aromatic nitrogens is 1. The molecule has 0 radical (unpaired) electrons. The van der Waals surface area contributed by atoms with Crippen LogP contribution in [0.2, 0.25) is 5.02 Å². The fourth-order valence-corrected chi connectivity index (χ4v) is 4.92. The quantitative estimate of drug-likeness (QED) is 0.258. The van der Waals surface area contributed by atoms with E-state index in [0.717, 1.165) is 43.5 Å². The van der Waals surface area contributed by atoms with Crippen LogP contribution < -0.4 is 10.9 Å². The zero-order chi connectivity index (χ0) is 26.5. The first-order valence-electron chi connectivity index (χ1n) is 11.2. The number of rotatable bonds is 11. The number of likely N-dealkylation sites (N-methyl/N-ethyl adjacent to an activating group) is 2. The molecule has 11 heteroatoms. The molecule has 6 nitrogen and oxygen atoms in total. The molecule has 0 unspecified atom stereocenters. The minimum atomic E-state index is -4.61. The lowest BCUT2D eigenvalue weighted by molar-refractivity contribution is -0.137. The molecule has 0 amide bonds. The molecule has 3 N–H and O–H groups in total. The summed E-state index contributed by atoms with van der Waals surface area (Å²) in [5.41, 5.74) is -1.09. The number of nitrogens with one attached hydrogen (secondary N) is 2. The fourth-order valence-electron chi connectivity index (χ4n) is 3.75. The highest BCUT2D eigenvalue weighted by molar-refractivity contribution is 8.00. The molecular formula is C26H31ClF3N3O3S. The maximum absolute atomic E-state index is 13.5. The monoisotopic (exact) mass is 557 g/mol. The van der Waals surface area contributed by atoms with E-state index in [2.05, 4.69) is 15.2 Å². The van der Waals surface area contributed by atoms with Gasteiger partial charge in [-0.2, -0.15) is 13.2 Å². The van der Waals surface area contributed by atoms with Crippen molar-refractivity contribution in [1.29, 1.82) is 0 Å². The van der Waals surface area contributed by atoms with Crippen LogP contribution in [0.4, 0.5) is 13.2 Å². The molecule has 1 heterocycles. The van der Waals surface area contributed by atoms with Crippen molar-refractivity contribution in [2.75, 3.05) is 39.5 Å². The number of fused-ring (bicyclic) bond motifs is 1. The Kier molecular flexibility index (Phi) is 11.0. The Morgan fingerprint density at radius 3 is 2.59 bits per heavy atom. The van der Waals surface area contributed by atoms with Crippen LogP contribution in [-0.2, 0) is 11.0 Å². The summed E-state index contributed by atoms with van der Waals surface area (Å²) < 4.78 is 40.4. The van der Waals surface area contributed by atoms with E-state index in [0.29, 0.717) is 12.8 Å². The zero-order valence-electron chi connectivity index (χ0n) is 19.8. The van der Waals surface area contributed by atoms with E-state index in [1.54, 1.807) is 0 Å². The second kappa shape index (κ2) is 13.3. The number of pyridine rings is 1. The van der Waals surface area contributed by atoms with Crippen molar-refractivity contribution < 1.29 is 23.1 Å². The third-order valence-electron chi connectivity index (χ3n) is 5.64. The summed E-state index contributed by atoms with van der Waals surface area (Å²) in [6.07, 6.45) is -3.66. The van der Waals surface area contributed by atoms with Crippen molar-refractivity contribution >= 4 is 40.0 Å². The van der Waals surface area contributed by atoms with E-state index in [9.17, 15) is 27.9 Å². The Balaban J connectivity index is 0.00000481.